The lowest BCUT2D eigenvalue weighted by Gasteiger charge is -2.05. The van der Waals surface area contributed by atoms with Crippen molar-refractivity contribution in [3.05, 3.63) is 76.2 Å². The van der Waals surface area contributed by atoms with Crippen LogP contribution in [0.2, 0.25) is 5.02 Å². The summed E-state index contributed by atoms with van der Waals surface area (Å²) in [5.41, 5.74) is 1.28. The van der Waals surface area contributed by atoms with Crippen LogP contribution in [0.5, 0.6) is 5.75 Å². The Morgan fingerprint density at radius 2 is 2.15 bits per heavy atom. The molecule has 3 aromatic rings. The molecule has 1 aromatic carbocycles. The molecule has 0 saturated heterocycles. The third kappa shape index (κ3) is 4.21. The highest BCUT2D eigenvalue weighted by Crippen LogP contribution is 2.26. The monoisotopic (exact) mass is 374 g/mol. The third-order valence-corrected chi connectivity index (χ3v) is 3.90. The van der Waals surface area contributed by atoms with Crippen LogP contribution in [0.3, 0.4) is 0 Å². The van der Waals surface area contributed by atoms with Crippen molar-refractivity contribution in [1.29, 1.82) is 0 Å². The number of aryl methyl sites for hydroxylation is 2. The first-order chi connectivity index (χ1) is 12.4. The van der Waals surface area contributed by atoms with E-state index in [1.54, 1.807) is 31.3 Å². The van der Waals surface area contributed by atoms with Gasteiger partial charge in [0.15, 0.2) is 0 Å². The molecule has 0 radical (unpaired) electrons. The van der Waals surface area contributed by atoms with E-state index < -0.39 is 5.82 Å². The maximum Gasteiger partial charge on any atom is 0.203 e. The van der Waals surface area contributed by atoms with Gasteiger partial charge in [0, 0.05) is 7.05 Å². The van der Waals surface area contributed by atoms with Gasteiger partial charge in [0.1, 0.15) is 35.4 Å². The molecule has 0 unspecified atom stereocenters. The number of halogens is 2. The van der Waals surface area contributed by atoms with Gasteiger partial charge in [0.2, 0.25) is 5.78 Å². The molecule has 2 heterocycles. The predicted molar refractivity (Wildman–Crippen MR) is 95.8 cm³/mol. The Morgan fingerprint density at radius 1 is 1.35 bits per heavy atom. The minimum absolute atomic E-state index is 0.133. The van der Waals surface area contributed by atoms with Crippen molar-refractivity contribution >= 4 is 23.5 Å². The van der Waals surface area contributed by atoms with Crippen molar-refractivity contribution in [2.24, 2.45) is 7.05 Å². The predicted octanol–water partition coefficient (Wildman–Crippen LogP) is 4.59. The molecule has 0 aliphatic rings. The van der Waals surface area contributed by atoms with Crippen LogP contribution in [0.1, 0.15) is 27.7 Å². The van der Waals surface area contributed by atoms with Gasteiger partial charge in [0.05, 0.1) is 10.7 Å². The van der Waals surface area contributed by atoms with Gasteiger partial charge in [-0.15, -0.1) is 0 Å². The third-order valence-electron chi connectivity index (χ3n) is 3.60. The normalized spacial score (nSPS) is 11.2. The number of rotatable bonds is 6. The molecular formula is C19H16ClFN2O3. The highest BCUT2D eigenvalue weighted by molar-refractivity contribution is 6.32. The Hall–Kier alpha value is -2.86. The molecular weight excluding hydrogens is 359 g/mol. The number of ether oxygens (including phenoxy) is 1. The quantitative estimate of drug-likeness (QED) is 0.467. The van der Waals surface area contributed by atoms with Gasteiger partial charge in [0.25, 0.3) is 0 Å². The van der Waals surface area contributed by atoms with Crippen LogP contribution in [0.4, 0.5) is 4.39 Å². The minimum Gasteiger partial charge on any atom is -0.484 e. The van der Waals surface area contributed by atoms with Crippen LogP contribution in [0.15, 0.2) is 46.9 Å². The first-order valence-electron chi connectivity index (χ1n) is 7.82. The van der Waals surface area contributed by atoms with Gasteiger partial charge in [-0.25, -0.2) is 4.39 Å². The average Bonchev–Trinajstić information content (AvgIpc) is 3.18. The van der Waals surface area contributed by atoms with Crippen molar-refractivity contribution in [3.63, 3.8) is 0 Å². The lowest BCUT2D eigenvalue weighted by Crippen LogP contribution is -2.03. The number of carbonyl (C=O) groups is 1. The molecule has 26 heavy (non-hydrogen) atoms. The van der Waals surface area contributed by atoms with Crippen LogP contribution in [0, 0.1) is 12.7 Å². The number of hydrogen-bond acceptors (Lipinski definition) is 4. The van der Waals surface area contributed by atoms with E-state index in [9.17, 15) is 9.18 Å². The van der Waals surface area contributed by atoms with Crippen molar-refractivity contribution < 1.29 is 18.3 Å². The molecule has 5 nitrogen and oxygen atoms in total. The first kappa shape index (κ1) is 17.9. The summed E-state index contributed by atoms with van der Waals surface area (Å²) in [6, 6.07) is 9.08. The Balaban J connectivity index is 1.62. The van der Waals surface area contributed by atoms with E-state index in [0.717, 1.165) is 5.69 Å². The fourth-order valence-electron chi connectivity index (χ4n) is 2.39. The second kappa shape index (κ2) is 7.58. The van der Waals surface area contributed by atoms with Crippen molar-refractivity contribution in [3.8, 4) is 5.75 Å². The number of aromatic nitrogens is 2. The molecule has 0 saturated carbocycles. The van der Waals surface area contributed by atoms with Crippen molar-refractivity contribution in [1.82, 2.24) is 9.78 Å². The van der Waals surface area contributed by atoms with Gasteiger partial charge in [-0.2, -0.15) is 5.10 Å². The van der Waals surface area contributed by atoms with Crippen LogP contribution in [0.25, 0.3) is 6.08 Å². The molecule has 0 aliphatic heterocycles. The Morgan fingerprint density at radius 3 is 2.85 bits per heavy atom. The van der Waals surface area contributed by atoms with E-state index in [-0.39, 0.29) is 17.4 Å². The second-order valence-corrected chi connectivity index (χ2v) is 6.07. The number of ketones is 1. The number of nitrogens with zero attached hydrogens (tertiary/aromatic N) is 2. The van der Waals surface area contributed by atoms with E-state index in [0.29, 0.717) is 23.0 Å². The topological polar surface area (TPSA) is 57.3 Å². The molecule has 7 heteroatoms. The summed E-state index contributed by atoms with van der Waals surface area (Å²) in [7, 11) is 1.72. The lowest BCUT2D eigenvalue weighted by atomic mass is 10.2. The summed E-state index contributed by atoms with van der Waals surface area (Å²) in [5.74, 6) is 0.833. The van der Waals surface area contributed by atoms with E-state index in [4.69, 9.17) is 20.8 Å². The second-order valence-electron chi connectivity index (χ2n) is 5.66. The summed E-state index contributed by atoms with van der Waals surface area (Å²) in [6.45, 7) is 1.96. The molecule has 0 N–H and O–H groups in total. The van der Waals surface area contributed by atoms with Crippen LogP contribution < -0.4 is 4.74 Å². The largest absolute Gasteiger partial charge is 0.484 e. The van der Waals surface area contributed by atoms with Crippen LogP contribution in [-0.2, 0) is 13.7 Å². The molecule has 0 bridgehead atoms. The van der Waals surface area contributed by atoms with Gasteiger partial charge >= 0.3 is 0 Å². The first-order valence-corrected chi connectivity index (χ1v) is 8.20. The Bertz CT molecular complexity index is 975. The molecule has 0 spiro atoms. The van der Waals surface area contributed by atoms with Crippen LogP contribution >= 0.6 is 11.6 Å². The van der Waals surface area contributed by atoms with E-state index >= 15 is 0 Å². The number of carbonyl (C=O) groups excluding carboxylic acids is 1. The zero-order chi connectivity index (χ0) is 18.7. The summed E-state index contributed by atoms with van der Waals surface area (Å²) in [5, 5.41) is 4.33. The number of furan rings is 1. The maximum atomic E-state index is 13.0. The Kier molecular flexibility index (Phi) is 5.23. The number of hydrogen-bond donors (Lipinski definition) is 0. The molecule has 0 fully saturated rings. The number of benzene rings is 1. The average molecular weight is 375 g/mol. The minimum atomic E-state index is -0.430. The van der Waals surface area contributed by atoms with Gasteiger partial charge in [-0.1, -0.05) is 11.6 Å². The highest BCUT2D eigenvalue weighted by atomic mass is 35.5. The summed E-state index contributed by atoms with van der Waals surface area (Å²) >= 11 is 5.91. The van der Waals surface area contributed by atoms with Crippen molar-refractivity contribution in [2.75, 3.05) is 0 Å². The fraction of sp³-hybridized carbons (Fsp3) is 0.158. The molecule has 0 amide bonds. The van der Waals surface area contributed by atoms with Gasteiger partial charge < -0.3 is 9.15 Å². The molecule has 0 atom stereocenters. The summed E-state index contributed by atoms with van der Waals surface area (Å²) < 4.78 is 25.6. The molecule has 0 aliphatic carbocycles. The van der Waals surface area contributed by atoms with Gasteiger partial charge in [-0.05, 0) is 55.5 Å². The fourth-order valence-corrected chi connectivity index (χ4v) is 2.61. The highest BCUT2D eigenvalue weighted by Gasteiger charge is 2.09. The zero-order valence-corrected chi connectivity index (χ0v) is 15.0. The maximum absolute atomic E-state index is 13.0. The lowest BCUT2D eigenvalue weighted by molar-refractivity contribution is 0.103. The van der Waals surface area contributed by atoms with Gasteiger partial charge in [-0.3, -0.25) is 9.48 Å². The standard InChI is InChI=1S/C19H16ClFN2O3/c1-12-9-17(23(2)22-12)18(24)7-6-14-4-5-15(26-14)11-25-19-8-3-13(21)10-16(19)20/h3-10H,11H2,1-2H3/b7-6+. The molecule has 3 rings (SSSR count). The zero-order valence-electron chi connectivity index (χ0n) is 14.2. The van der Waals surface area contributed by atoms with E-state index in [1.807, 2.05) is 6.92 Å². The SMILES string of the molecule is Cc1cc(C(=O)/C=C/c2ccc(COc3ccc(F)cc3Cl)o2)n(C)n1. The van der Waals surface area contributed by atoms with Crippen LogP contribution in [-0.4, -0.2) is 15.6 Å². The molecule has 2 aromatic heterocycles. The number of allylic oxidation sites excluding steroid dienone is 1. The summed E-state index contributed by atoms with van der Waals surface area (Å²) in [6.07, 6.45) is 3.01. The Labute approximate surface area is 154 Å². The smallest absolute Gasteiger partial charge is 0.203 e. The van der Waals surface area contributed by atoms with Crippen molar-refractivity contribution in [2.45, 2.75) is 13.5 Å². The molecule has 134 valence electrons. The van der Waals surface area contributed by atoms with E-state index in [1.165, 1.54) is 29.0 Å². The van der Waals surface area contributed by atoms with E-state index in [2.05, 4.69) is 5.10 Å². The summed E-state index contributed by atoms with van der Waals surface area (Å²) in [4.78, 5) is 12.2.